The summed E-state index contributed by atoms with van der Waals surface area (Å²) in [6.07, 6.45) is 0. The van der Waals surface area contributed by atoms with Gasteiger partial charge in [0.05, 0.1) is 17.4 Å². The van der Waals surface area contributed by atoms with Gasteiger partial charge in [-0.1, -0.05) is 11.8 Å². The van der Waals surface area contributed by atoms with Gasteiger partial charge in [-0.05, 0) is 26.0 Å². The first-order valence-electron chi connectivity index (χ1n) is 5.53. The number of carbonyl (C=O) groups excluding carboxylic acids is 2. The van der Waals surface area contributed by atoms with Gasteiger partial charge >= 0.3 is 5.97 Å². The lowest BCUT2D eigenvalue weighted by Crippen LogP contribution is -2.23. The van der Waals surface area contributed by atoms with Gasteiger partial charge in [0, 0.05) is 0 Å². The van der Waals surface area contributed by atoms with Crippen molar-refractivity contribution >= 4 is 23.6 Å². The molecule has 0 radical (unpaired) electrons. The van der Waals surface area contributed by atoms with E-state index in [1.165, 1.54) is 12.1 Å². The van der Waals surface area contributed by atoms with Crippen LogP contribution >= 0.6 is 11.8 Å². The zero-order valence-corrected chi connectivity index (χ0v) is 11.4. The molecule has 0 unspecified atom stereocenters. The van der Waals surface area contributed by atoms with Crippen molar-refractivity contribution in [3.05, 3.63) is 23.4 Å². The molecule has 1 amide bonds. The van der Waals surface area contributed by atoms with Gasteiger partial charge in [0.1, 0.15) is 16.8 Å². The minimum absolute atomic E-state index is 0.0972. The Morgan fingerprint density at radius 1 is 1.58 bits per heavy atom. The molecule has 1 aromatic rings. The molecular weight excluding hydrogens is 266 g/mol. The van der Waals surface area contributed by atoms with Crippen molar-refractivity contribution in [3.63, 3.8) is 0 Å². The number of thioether (sulfide) groups is 1. The number of primary amides is 1. The van der Waals surface area contributed by atoms with Crippen LogP contribution in [0.2, 0.25) is 0 Å². The van der Waals surface area contributed by atoms with Crippen molar-refractivity contribution in [1.29, 1.82) is 5.26 Å². The first-order valence-corrected chi connectivity index (χ1v) is 6.41. The average Bonchev–Trinajstić information content (AvgIpc) is 2.38. The van der Waals surface area contributed by atoms with Crippen LogP contribution in [0.25, 0.3) is 0 Å². The van der Waals surface area contributed by atoms with Crippen LogP contribution in [-0.4, -0.2) is 28.7 Å². The summed E-state index contributed by atoms with van der Waals surface area (Å²) in [5.41, 5.74) is 5.54. The van der Waals surface area contributed by atoms with E-state index in [-0.39, 0.29) is 17.9 Å². The molecule has 0 aliphatic heterocycles. The maximum atomic E-state index is 11.5. The van der Waals surface area contributed by atoms with Crippen molar-refractivity contribution in [3.8, 4) is 6.07 Å². The third kappa shape index (κ3) is 3.96. The Morgan fingerprint density at radius 3 is 2.79 bits per heavy atom. The molecular formula is C12H13N3O3S. The van der Waals surface area contributed by atoms with E-state index in [2.05, 4.69) is 4.98 Å². The molecule has 6 nitrogen and oxygen atoms in total. The quantitative estimate of drug-likeness (QED) is 0.639. The smallest absolute Gasteiger partial charge is 0.356 e. The summed E-state index contributed by atoms with van der Waals surface area (Å²) in [7, 11) is 0. The summed E-state index contributed by atoms with van der Waals surface area (Å²) in [6.45, 7) is 3.53. The Bertz CT molecular complexity index is 540. The summed E-state index contributed by atoms with van der Waals surface area (Å²) < 4.78 is 4.82. The Kier molecular flexibility index (Phi) is 5.33. The fraction of sp³-hybridized carbons (Fsp3) is 0.333. The third-order valence-corrected chi connectivity index (χ3v) is 3.27. The molecule has 0 aliphatic rings. The standard InChI is InChI=1S/C12H13N3O3S/c1-3-18-12(17)9-5-4-8(6-13)11(15-9)19-7(2)10(14)16/h4-5,7H,3H2,1-2H3,(H2,14,16)/t7-/m1/s1. The van der Waals surface area contributed by atoms with E-state index in [0.29, 0.717) is 5.03 Å². The van der Waals surface area contributed by atoms with Gasteiger partial charge in [0.2, 0.25) is 5.91 Å². The molecule has 0 aromatic carbocycles. The van der Waals surface area contributed by atoms with Crippen LogP contribution < -0.4 is 5.73 Å². The lowest BCUT2D eigenvalue weighted by molar-refractivity contribution is -0.117. The number of esters is 1. The highest BCUT2D eigenvalue weighted by Gasteiger charge is 2.17. The molecule has 2 N–H and O–H groups in total. The number of carbonyl (C=O) groups is 2. The summed E-state index contributed by atoms with van der Waals surface area (Å²) in [5.74, 6) is -1.09. The summed E-state index contributed by atoms with van der Waals surface area (Å²) in [4.78, 5) is 26.6. The maximum absolute atomic E-state index is 11.5. The normalized spacial score (nSPS) is 11.4. The van der Waals surface area contributed by atoms with E-state index >= 15 is 0 Å². The number of pyridine rings is 1. The second-order valence-corrected chi connectivity index (χ2v) is 4.87. The fourth-order valence-corrected chi connectivity index (χ4v) is 2.00. The van der Waals surface area contributed by atoms with Crippen molar-refractivity contribution in [2.75, 3.05) is 6.61 Å². The molecule has 0 saturated carbocycles. The van der Waals surface area contributed by atoms with Crippen LogP contribution in [0.1, 0.15) is 29.9 Å². The summed E-state index contributed by atoms with van der Waals surface area (Å²) >= 11 is 1.04. The predicted octanol–water partition coefficient (Wildman–Crippen LogP) is 1.10. The molecule has 0 saturated heterocycles. The monoisotopic (exact) mass is 279 g/mol. The summed E-state index contributed by atoms with van der Waals surface area (Å²) in [6, 6.07) is 4.83. The first-order chi connectivity index (χ1) is 8.99. The Hall–Kier alpha value is -2.07. The van der Waals surface area contributed by atoms with Gasteiger partial charge in [-0.25, -0.2) is 9.78 Å². The SMILES string of the molecule is CCOC(=O)c1ccc(C#N)c(S[C@H](C)C(N)=O)n1. The van der Waals surface area contributed by atoms with Crippen molar-refractivity contribution in [1.82, 2.24) is 4.98 Å². The van der Waals surface area contributed by atoms with E-state index in [0.717, 1.165) is 11.8 Å². The van der Waals surface area contributed by atoms with E-state index in [9.17, 15) is 9.59 Å². The molecule has 0 bridgehead atoms. The number of ether oxygens (including phenoxy) is 1. The number of nitrogens with zero attached hydrogens (tertiary/aromatic N) is 2. The average molecular weight is 279 g/mol. The van der Waals surface area contributed by atoms with Gasteiger partial charge in [0.25, 0.3) is 0 Å². The Morgan fingerprint density at radius 2 is 2.26 bits per heavy atom. The number of rotatable bonds is 5. The van der Waals surface area contributed by atoms with Gasteiger partial charge in [-0.2, -0.15) is 5.26 Å². The van der Waals surface area contributed by atoms with Crippen LogP contribution in [0.15, 0.2) is 17.2 Å². The van der Waals surface area contributed by atoms with Gasteiger partial charge in [0.15, 0.2) is 0 Å². The van der Waals surface area contributed by atoms with Gasteiger partial charge in [-0.3, -0.25) is 4.79 Å². The second-order valence-electron chi connectivity index (χ2n) is 3.54. The minimum atomic E-state index is -0.569. The zero-order valence-electron chi connectivity index (χ0n) is 10.5. The molecule has 0 fully saturated rings. The van der Waals surface area contributed by atoms with Crippen molar-refractivity contribution in [2.24, 2.45) is 5.73 Å². The highest BCUT2D eigenvalue weighted by molar-refractivity contribution is 8.00. The fourth-order valence-electron chi connectivity index (χ4n) is 1.16. The number of hydrogen-bond donors (Lipinski definition) is 1. The summed E-state index contributed by atoms with van der Waals surface area (Å²) in [5, 5.41) is 8.71. The molecule has 19 heavy (non-hydrogen) atoms. The molecule has 100 valence electrons. The zero-order chi connectivity index (χ0) is 14.4. The number of hydrogen-bond acceptors (Lipinski definition) is 6. The van der Waals surface area contributed by atoms with E-state index < -0.39 is 17.1 Å². The van der Waals surface area contributed by atoms with Crippen LogP contribution in [0.3, 0.4) is 0 Å². The van der Waals surface area contributed by atoms with Crippen LogP contribution in [-0.2, 0) is 9.53 Å². The third-order valence-electron chi connectivity index (χ3n) is 2.15. The van der Waals surface area contributed by atoms with Crippen LogP contribution in [0.5, 0.6) is 0 Å². The first kappa shape index (κ1) is 15.0. The highest BCUT2D eigenvalue weighted by Crippen LogP contribution is 2.25. The molecule has 0 spiro atoms. The predicted molar refractivity (Wildman–Crippen MR) is 69.4 cm³/mol. The topological polar surface area (TPSA) is 106 Å². The number of nitrogens with two attached hydrogens (primary N) is 1. The van der Waals surface area contributed by atoms with E-state index in [1.807, 2.05) is 6.07 Å². The highest BCUT2D eigenvalue weighted by atomic mass is 32.2. The van der Waals surface area contributed by atoms with Crippen LogP contribution in [0.4, 0.5) is 0 Å². The van der Waals surface area contributed by atoms with Crippen LogP contribution in [0, 0.1) is 11.3 Å². The van der Waals surface area contributed by atoms with Crippen molar-refractivity contribution < 1.29 is 14.3 Å². The molecule has 1 rings (SSSR count). The van der Waals surface area contributed by atoms with Gasteiger partial charge < -0.3 is 10.5 Å². The second kappa shape index (κ2) is 6.75. The van der Waals surface area contributed by atoms with E-state index in [1.54, 1.807) is 13.8 Å². The molecule has 7 heteroatoms. The number of nitriles is 1. The lowest BCUT2D eigenvalue weighted by atomic mass is 10.2. The molecule has 1 heterocycles. The molecule has 1 atom stereocenters. The number of amides is 1. The van der Waals surface area contributed by atoms with E-state index in [4.69, 9.17) is 15.7 Å². The lowest BCUT2D eigenvalue weighted by Gasteiger charge is -2.09. The minimum Gasteiger partial charge on any atom is -0.461 e. The molecule has 1 aromatic heterocycles. The maximum Gasteiger partial charge on any atom is 0.356 e. The van der Waals surface area contributed by atoms with Crippen molar-refractivity contribution in [2.45, 2.75) is 24.1 Å². The Balaban J connectivity index is 3.07. The largest absolute Gasteiger partial charge is 0.461 e. The Labute approximate surface area is 114 Å². The van der Waals surface area contributed by atoms with Gasteiger partial charge in [-0.15, -0.1) is 0 Å². The number of aromatic nitrogens is 1. The molecule has 0 aliphatic carbocycles.